The number of rotatable bonds is 5. The first-order chi connectivity index (χ1) is 7.18. The summed E-state index contributed by atoms with van der Waals surface area (Å²) in [6.45, 7) is 6.64. The molecule has 3 heteroatoms. The number of anilines is 1. The maximum atomic E-state index is 11.4. The number of hydrogen-bond acceptors (Lipinski definition) is 2. The first kappa shape index (κ1) is 11.5. The molecule has 15 heavy (non-hydrogen) atoms. The second-order valence-corrected chi connectivity index (χ2v) is 3.47. The Hall–Kier alpha value is -1.61. The fourth-order valence-electron chi connectivity index (χ4n) is 1.12. The number of benzene rings is 1. The van der Waals surface area contributed by atoms with Crippen molar-refractivity contribution in [2.24, 2.45) is 0 Å². The topological polar surface area (TPSA) is 41.1 Å². The van der Waals surface area contributed by atoms with Crippen LogP contribution < -0.4 is 10.6 Å². The van der Waals surface area contributed by atoms with Crippen LogP contribution in [0.3, 0.4) is 0 Å². The first-order valence-corrected chi connectivity index (χ1v) is 4.88. The van der Waals surface area contributed by atoms with Crippen molar-refractivity contribution >= 4 is 11.6 Å². The quantitative estimate of drug-likeness (QED) is 0.718. The third kappa shape index (κ3) is 4.98. The van der Waals surface area contributed by atoms with Gasteiger partial charge in [0.1, 0.15) is 0 Å². The normalized spacial score (nSPS) is 9.67. The summed E-state index contributed by atoms with van der Waals surface area (Å²) in [5, 5.41) is 5.78. The zero-order chi connectivity index (χ0) is 11.1. The molecule has 0 saturated carbocycles. The molecule has 0 aromatic heterocycles. The summed E-state index contributed by atoms with van der Waals surface area (Å²) >= 11 is 0. The van der Waals surface area contributed by atoms with Crippen molar-refractivity contribution in [3.8, 4) is 0 Å². The second kappa shape index (κ2) is 5.98. The molecule has 0 bridgehead atoms. The molecular weight excluding hydrogens is 188 g/mol. The molecule has 80 valence electrons. The van der Waals surface area contributed by atoms with E-state index in [1.54, 1.807) is 0 Å². The third-order valence-electron chi connectivity index (χ3n) is 1.77. The van der Waals surface area contributed by atoms with Gasteiger partial charge in [-0.25, -0.2) is 0 Å². The van der Waals surface area contributed by atoms with E-state index >= 15 is 0 Å². The Bertz CT molecular complexity index is 333. The van der Waals surface area contributed by atoms with E-state index in [-0.39, 0.29) is 5.91 Å². The minimum Gasteiger partial charge on any atom is -0.325 e. The molecule has 1 aromatic carbocycles. The van der Waals surface area contributed by atoms with E-state index in [2.05, 4.69) is 17.2 Å². The average molecular weight is 204 g/mol. The van der Waals surface area contributed by atoms with Gasteiger partial charge >= 0.3 is 0 Å². The zero-order valence-electron chi connectivity index (χ0n) is 8.92. The molecule has 0 saturated heterocycles. The Kier molecular flexibility index (Phi) is 4.57. The average Bonchev–Trinajstić information content (AvgIpc) is 2.18. The van der Waals surface area contributed by atoms with Crippen molar-refractivity contribution in [1.82, 2.24) is 5.32 Å². The molecule has 0 spiro atoms. The van der Waals surface area contributed by atoms with Gasteiger partial charge in [0.15, 0.2) is 0 Å². The summed E-state index contributed by atoms with van der Waals surface area (Å²) in [6, 6.07) is 9.40. The highest BCUT2D eigenvalue weighted by molar-refractivity contribution is 5.92. The fraction of sp³-hybridized carbons (Fsp3) is 0.250. The lowest BCUT2D eigenvalue weighted by Gasteiger charge is -2.06. The second-order valence-electron chi connectivity index (χ2n) is 3.47. The Morgan fingerprint density at radius 3 is 2.53 bits per heavy atom. The van der Waals surface area contributed by atoms with Crippen LogP contribution in [-0.4, -0.2) is 19.0 Å². The third-order valence-corrected chi connectivity index (χ3v) is 1.77. The van der Waals surface area contributed by atoms with E-state index in [1.807, 2.05) is 37.3 Å². The Balaban J connectivity index is 2.28. The molecular formula is C12H16N2O. The van der Waals surface area contributed by atoms with Gasteiger partial charge < -0.3 is 10.6 Å². The summed E-state index contributed by atoms with van der Waals surface area (Å²) in [5.74, 6) is -0.0394. The van der Waals surface area contributed by atoms with Gasteiger partial charge in [0.05, 0.1) is 6.54 Å². The molecule has 0 aliphatic heterocycles. The highest BCUT2D eigenvalue weighted by Gasteiger charge is 2.00. The summed E-state index contributed by atoms with van der Waals surface area (Å²) in [6.07, 6.45) is 0. The van der Waals surface area contributed by atoms with Gasteiger partial charge in [-0.3, -0.25) is 4.79 Å². The van der Waals surface area contributed by atoms with Crippen LogP contribution in [0.15, 0.2) is 42.5 Å². The largest absolute Gasteiger partial charge is 0.325 e. The number of carbonyl (C=O) groups is 1. The zero-order valence-corrected chi connectivity index (χ0v) is 8.92. The maximum Gasteiger partial charge on any atom is 0.238 e. The fourth-order valence-corrected chi connectivity index (χ4v) is 1.12. The van der Waals surface area contributed by atoms with E-state index < -0.39 is 0 Å². The van der Waals surface area contributed by atoms with Crippen molar-refractivity contribution in [2.75, 3.05) is 18.4 Å². The number of carbonyl (C=O) groups excluding carboxylic acids is 1. The van der Waals surface area contributed by atoms with Crippen molar-refractivity contribution in [3.63, 3.8) is 0 Å². The van der Waals surface area contributed by atoms with E-state index in [0.29, 0.717) is 13.1 Å². The van der Waals surface area contributed by atoms with Gasteiger partial charge in [-0.2, -0.15) is 0 Å². The number of hydrogen-bond donors (Lipinski definition) is 2. The van der Waals surface area contributed by atoms with Crippen LogP contribution in [0.1, 0.15) is 6.92 Å². The van der Waals surface area contributed by atoms with Crippen LogP contribution in [0.25, 0.3) is 0 Å². The highest BCUT2D eigenvalue weighted by atomic mass is 16.1. The maximum absolute atomic E-state index is 11.4. The van der Waals surface area contributed by atoms with Gasteiger partial charge in [0.25, 0.3) is 0 Å². The van der Waals surface area contributed by atoms with E-state index in [1.165, 1.54) is 0 Å². The van der Waals surface area contributed by atoms with Crippen molar-refractivity contribution in [1.29, 1.82) is 0 Å². The molecule has 0 fully saturated rings. The van der Waals surface area contributed by atoms with Crippen molar-refractivity contribution in [2.45, 2.75) is 6.92 Å². The van der Waals surface area contributed by atoms with Gasteiger partial charge in [-0.05, 0) is 19.1 Å². The predicted octanol–water partition coefficient (Wildman–Crippen LogP) is 1.79. The van der Waals surface area contributed by atoms with Crippen LogP contribution in [0.4, 0.5) is 5.69 Å². The minimum atomic E-state index is -0.0394. The highest BCUT2D eigenvalue weighted by Crippen LogP contribution is 2.03. The molecule has 0 radical (unpaired) electrons. The van der Waals surface area contributed by atoms with Gasteiger partial charge in [0, 0.05) is 12.2 Å². The van der Waals surface area contributed by atoms with Crippen LogP contribution in [-0.2, 0) is 4.79 Å². The number of amides is 1. The van der Waals surface area contributed by atoms with E-state index in [0.717, 1.165) is 11.3 Å². The molecule has 1 amide bonds. The molecule has 0 aliphatic rings. The lowest BCUT2D eigenvalue weighted by atomic mass is 10.3. The smallest absolute Gasteiger partial charge is 0.238 e. The van der Waals surface area contributed by atoms with E-state index in [4.69, 9.17) is 0 Å². The first-order valence-electron chi connectivity index (χ1n) is 4.88. The van der Waals surface area contributed by atoms with Crippen LogP contribution in [0.2, 0.25) is 0 Å². The molecule has 1 aromatic rings. The molecule has 1 rings (SSSR count). The molecule has 0 heterocycles. The summed E-state index contributed by atoms with van der Waals surface area (Å²) < 4.78 is 0. The molecule has 2 N–H and O–H groups in total. The SMILES string of the molecule is C=C(C)CNCC(=O)Nc1ccccc1. The number of nitrogens with one attached hydrogen (secondary N) is 2. The Morgan fingerprint density at radius 1 is 1.27 bits per heavy atom. The molecule has 0 unspecified atom stereocenters. The van der Waals surface area contributed by atoms with Crippen LogP contribution in [0, 0.1) is 0 Å². The molecule has 3 nitrogen and oxygen atoms in total. The Morgan fingerprint density at radius 2 is 1.93 bits per heavy atom. The summed E-state index contributed by atoms with van der Waals surface area (Å²) in [5.41, 5.74) is 1.84. The summed E-state index contributed by atoms with van der Waals surface area (Å²) in [4.78, 5) is 11.4. The van der Waals surface area contributed by atoms with Crippen LogP contribution >= 0.6 is 0 Å². The van der Waals surface area contributed by atoms with Gasteiger partial charge in [0.2, 0.25) is 5.91 Å². The number of para-hydroxylation sites is 1. The minimum absolute atomic E-state index is 0.0394. The Labute approximate surface area is 90.2 Å². The predicted molar refractivity (Wildman–Crippen MR) is 62.8 cm³/mol. The van der Waals surface area contributed by atoms with Crippen molar-refractivity contribution in [3.05, 3.63) is 42.5 Å². The van der Waals surface area contributed by atoms with E-state index in [9.17, 15) is 4.79 Å². The molecule has 0 atom stereocenters. The monoisotopic (exact) mass is 204 g/mol. The summed E-state index contributed by atoms with van der Waals surface area (Å²) in [7, 11) is 0. The lowest BCUT2D eigenvalue weighted by Crippen LogP contribution is -2.28. The van der Waals surface area contributed by atoms with Gasteiger partial charge in [-0.1, -0.05) is 30.4 Å². The van der Waals surface area contributed by atoms with Gasteiger partial charge in [-0.15, -0.1) is 0 Å². The van der Waals surface area contributed by atoms with Crippen molar-refractivity contribution < 1.29 is 4.79 Å². The standard InChI is InChI=1S/C12H16N2O/c1-10(2)8-13-9-12(15)14-11-6-4-3-5-7-11/h3-7,13H,1,8-9H2,2H3,(H,14,15). The lowest BCUT2D eigenvalue weighted by molar-refractivity contribution is -0.115. The van der Waals surface area contributed by atoms with Crippen LogP contribution in [0.5, 0.6) is 0 Å². The molecule has 0 aliphatic carbocycles.